The van der Waals surface area contributed by atoms with Crippen LogP contribution >= 0.6 is 0 Å². The number of halogens is 3. The van der Waals surface area contributed by atoms with Crippen LogP contribution in [-0.2, 0) is 6.18 Å². The van der Waals surface area contributed by atoms with Crippen molar-refractivity contribution in [3.05, 3.63) is 72.4 Å². The molecule has 0 aliphatic carbocycles. The minimum Gasteiger partial charge on any atom is -0.346 e. The van der Waals surface area contributed by atoms with Gasteiger partial charge >= 0.3 is 6.18 Å². The van der Waals surface area contributed by atoms with Gasteiger partial charge in [0.2, 0.25) is 0 Å². The van der Waals surface area contributed by atoms with E-state index in [-0.39, 0.29) is 17.7 Å². The Balaban J connectivity index is 1.53. The van der Waals surface area contributed by atoms with Crippen molar-refractivity contribution >= 4 is 5.82 Å². The Morgan fingerprint density at radius 2 is 1.75 bits per heavy atom. The van der Waals surface area contributed by atoms with Gasteiger partial charge in [-0.15, -0.1) is 0 Å². The standard InChI is InChI=1S/C22H18F3N7/c23-22(24,25)17-12-18(28-19(27-17)15-8-4-10-26-13-15)32-11-5-9-16(32)21-29-20(30-31-21)14-6-2-1-3-7-14/h1-4,6-8,10,12-13,16H,5,9,11H2,(H,29,30,31)/t16-/m0/s1. The Labute approximate surface area is 181 Å². The zero-order chi connectivity index (χ0) is 22.1. The molecule has 162 valence electrons. The van der Waals surface area contributed by atoms with Gasteiger partial charge in [0.25, 0.3) is 0 Å². The summed E-state index contributed by atoms with van der Waals surface area (Å²) in [6.45, 7) is 0.548. The Bertz CT molecular complexity index is 1210. The molecule has 4 heterocycles. The maximum Gasteiger partial charge on any atom is 0.433 e. The highest BCUT2D eigenvalue weighted by Crippen LogP contribution is 2.37. The van der Waals surface area contributed by atoms with Gasteiger partial charge in [0, 0.05) is 36.1 Å². The van der Waals surface area contributed by atoms with Crippen LogP contribution in [-0.4, -0.2) is 36.7 Å². The molecular formula is C22H18F3N7. The fraction of sp³-hybridized carbons (Fsp3) is 0.227. The molecule has 32 heavy (non-hydrogen) atoms. The first-order valence-electron chi connectivity index (χ1n) is 10.1. The van der Waals surface area contributed by atoms with Crippen LogP contribution in [0, 0.1) is 0 Å². The number of nitrogens with zero attached hydrogens (tertiary/aromatic N) is 6. The number of H-pyrrole nitrogens is 1. The van der Waals surface area contributed by atoms with Crippen molar-refractivity contribution in [2.24, 2.45) is 0 Å². The molecule has 1 aliphatic rings. The quantitative estimate of drug-likeness (QED) is 0.499. The lowest BCUT2D eigenvalue weighted by Crippen LogP contribution is -2.25. The third-order valence-corrected chi connectivity index (χ3v) is 5.32. The smallest absolute Gasteiger partial charge is 0.346 e. The second-order valence-corrected chi connectivity index (χ2v) is 7.44. The van der Waals surface area contributed by atoms with Gasteiger partial charge in [0.1, 0.15) is 11.6 Å². The largest absolute Gasteiger partial charge is 0.433 e. The molecule has 1 fully saturated rings. The molecule has 1 aliphatic heterocycles. The van der Waals surface area contributed by atoms with Crippen LogP contribution in [0.25, 0.3) is 22.8 Å². The second-order valence-electron chi connectivity index (χ2n) is 7.44. The lowest BCUT2D eigenvalue weighted by atomic mass is 10.2. The van der Waals surface area contributed by atoms with Crippen molar-refractivity contribution in [1.29, 1.82) is 0 Å². The van der Waals surface area contributed by atoms with E-state index in [9.17, 15) is 13.2 Å². The summed E-state index contributed by atoms with van der Waals surface area (Å²) in [6.07, 6.45) is -0.0979. The molecule has 5 rings (SSSR count). The highest BCUT2D eigenvalue weighted by Gasteiger charge is 2.36. The molecule has 0 saturated carbocycles. The van der Waals surface area contributed by atoms with Crippen LogP contribution in [0.2, 0.25) is 0 Å². The number of benzene rings is 1. The average Bonchev–Trinajstić information content (AvgIpc) is 3.49. The van der Waals surface area contributed by atoms with Crippen molar-refractivity contribution in [3.8, 4) is 22.8 Å². The van der Waals surface area contributed by atoms with Gasteiger partial charge in [0.15, 0.2) is 17.3 Å². The number of rotatable bonds is 4. The summed E-state index contributed by atoms with van der Waals surface area (Å²) >= 11 is 0. The third-order valence-electron chi connectivity index (χ3n) is 5.32. The molecule has 0 spiro atoms. The topological polar surface area (TPSA) is 83.5 Å². The number of hydrogen-bond acceptors (Lipinski definition) is 6. The third kappa shape index (κ3) is 3.91. The summed E-state index contributed by atoms with van der Waals surface area (Å²) in [5.41, 5.74) is 0.288. The summed E-state index contributed by atoms with van der Waals surface area (Å²) in [7, 11) is 0. The first kappa shape index (κ1) is 20.1. The fourth-order valence-corrected chi connectivity index (χ4v) is 3.82. The molecule has 0 bridgehead atoms. The van der Waals surface area contributed by atoms with Crippen LogP contribution in [0.4, 0.5) is 19.0 Å². The number of nitrogens with one attached hydrogen (secondary N) is 1. The molecule has 4 aromatic rings. The van der Waals surface area contributed by atoms with Crippen LogP contribution in [0.5, 0.6) is 0 Å². The zero-order valence-electron chi connectivity index (χ0n) is 16.8. The SMILES string of the molecule is FC(F)(F)c1cc(N2CCC[C@H]2c2nc(-c3ccccc3)n[nH]2)nc(-c2cccnc2)n1. The summed E-state index contributed by atoms with van der Waals surface area (Å²) < 4.78 is 40.8. The zero-order valence-corrected chi connectivity index (χ0v) is 16.8. The highest BCUT2D eigenvalue weighted by molar-refractivity contribution is 5.58. The highest BCUT2D eigenvalue weighted by atomic mass is 19.4. The van der Waals surface area contributed by atoms with Crippen molar-refractivity contribution in [2.45, 2.75) is 25.1 Å². The van der Waals surface area contributed by atoms with Gasteiger partial charge in [-0.2, -0.15) is 18.3 Å². The maximum atomic E-state index is 13.6. The summed E-state index contributed by atoms with van der Waals surface area (Å²) in [6, 6.07) is 13.5. The predicted molar refractivity (Wildman–Crippen MR) is 111 cm³/mol. The minimum atomic E-state index is -4.60. The van der Waals surface area contributed by atoms with E-state index in [2.05, 4.69) is 30.1 Å². The molecule has 3 aromatic heterocycles. The lowest BCUT2D eigenvalue weighted by Gasteiger charge is -2.25. The molecule has 10 heteroatoms. The number of pyridine rings is 1. The Kier molecular flexibility index (Phi) is 5.04. The van der Waals surface area contributed by atoms with Gasteiger partial charge in [-0.3, -0.25) is 10.1 Å². The molecular weight excluding hydrogens is 419 g/mol. The Hall–Kier alpha value is -3.82. The first-order chi connectivity index (χ1) is 15.5. The molecule has 0 unspecified atom stereocenters. The molecule has 0 amide bonds. The minimum absolute atomic E-state index is 0.0175. The van der Waals surface area contributed by atoms with Crippen LogP contribution < -0.4 is 4.90 Å². The molecule has 0 radical (unpaired) electrons. The van der Waals surface area contributed by atoms with Crippen molar-refractivity contribution in [1.82, 2.24) is 30.1 Å². The van der Waals surface area contributed by atoms with Gasteiger partial charge < -0.3 is 4.90 Å². The number of anilines is 1. The van der Waals surface area contributed by atoms with E-state index in [1.165, 1.54) is 6.20 Å². The van der Waals surface area contributed by atoms with Crippen LogP contribution in [0.3, 0.4) is 0 Å². The van der Waals surface area contributed by atoms with E-state index in [1.54, 1.807) is 18.3 Å². The first-order valence-corrected chi connectivity index (χ1v) is 10.1. The number of aromatic nitrogens is 6. The summed E-state index contributed by atoms with van der Waals surface area (Å²) in [5.74, 6) is 1.32. The Morgan fingerprint density at radius 1 is 0.938 bits per heavy atom. The van der Waals surface area contributed by atoms with Gasteiger partial charge in [-0.25, -0.2) is 15.0 Å². The van der Waals surface area contributed by atoms with Crippen molar-refractivity contribution < 1.29 is 13.2 Å². The molecule has 1 N–H and O–H groups in total. The van der Waals surface area contributed by atoms with Crippen LogP contribution in [0.15, 0.2) is 60.9 Å². The second kappa shape index (κ2) is 8.03. The van der Waals surface area contributed by atoms with Crippen molar-refractivity contribution in [3.63, 3.8) is 0 Å². The average molecular weight is 437 g/mol. The van der Waals surface area contributed by atoms with Gasteiger partial charge in [-0.05, 0) is 25.0 Å². The van der Waals surface area contributed by atoms with Gasteiger partial charge in [0.05, 0.1) is 6.04 Å². The molecule has 7 nitrogen and oxygen atoms in total. The monoisotopic (exact) mass is 437 g/mol. The van der Waals surface area contributed by atoms with Gasteiger partial charge in [-0.1, -0.05) is 30.3 Å². The molecule has 1 saturated heterocycles. The van der Waals surface area contributed by atoms with E-state index >= 15 is 0 Å². The maximum absolute atomic E-state index is 13.6. The molecule has 1 atom stereocenters. The number of hydrogen-bond donors (Lipinski definition) is 1. The molecule has 1 aromatic carbocycles. The lowest BCUT2D eigenvalue weighted by molar-refractivity contribution is -0.141. The van der Waals surface area contributed by atoms with E-state index < -0.39 is 11.9 Å². The van der Waals surface area contributed by atoms with E-state index in [1.807, 2.05) is 35.2 Å². The number of aromatic amines is 1. The van der Waals surface area contributed by atoms with E-state index in [0.29, 0.717) is 23.8 Å². The predicted octanol–water partition coefficient (Wildman–Crippen LogP) is 4.68. The van der Waals surface area contributed by atoms with Crippen molar-refractivity contribution in [2.75, 3.05) is 11.4 Å². The van der Waals surface area contributed by atoms with E-state index in [4.69, 9.17) is 0 Å². The fourth-order valence-electron chi connectivity index (χ4n) is 3.82. The number of alkyl halides is 3. The summed E-state index contributed by atoms with van der Waals surface area (Å²) in [4.78, 5) is 18.6. The Morgan fingerprint density at radius 3 is 2.50 bits per heavy atom. The summed E-state index contributed by atoms with van der Waals surface area (Å²) in [5, 5.41) is 7.26. The normalized spacial score (nSPS) is 16.5. The van der Waals surface area contributed by atoms with Crippen LogP contribution in [0.1, 0.15) is 30.4 Å². The van der Waals surface area contributed by atoms with E-state index in [0.717, 1.165) is 24.5 Å².